The standard InChI is InChI=1S/C19H20ClN3O5S/c1-13-2-5-16(6-3-13)29(27,28)22-10-8-14(9-11-22)19(24)21-18-12-15(23(25)26)4-7-17(18)20/h2-7,12,14H,8-11H2,1H3,(H,21,24). The van der Waals surface area contributed by atoms with E-state index in [9.17, 15) is 23.3 Å². The molecule has 2 aromatic carbocycles. The summed E-state index contributed by atoms with van der Waals surface area (Å²) in [6, 6.07) is 10.5. The summed E-state index contributed by atoms with van der Waals surface area (Å²) in [6.07, 6.45) is 0.701. The third kappa shape index (κ3) is 4.75. The molecule has 1 aliphatic rings. The molecule has 0 unspecified atom stereocenters. The molecular weight excluding hydrogens is 418 g/mol. The number of carbonyl (C=O) groups excluding carboxylic acids is 1. The number of aryl methyl sites for hydroxylation is 1. The largest absolute Gasteiger partial charge is 0.324 e. The predicted octanol–water partition coefficient (Wildman–Crippen LogP) is 3.60. The molecule has 8 nitrogen and oxygen atoms in total. The molecule has 29 heavy (non-hydrogen) atoms. The summed E-state index contributed by atoms with van der Waals surface area (Å²) in [5.74, 6) is -0.741. The van der Waals surface area contributed by atoms with Gasteiger partial charge in [0.15, 0.2) is 0 Å². The van der Waals surface area contributed by atoms with Crippen molar-refractivity contribution >= 4 is 38.9 Å². The van der Waals surface area contributed by atoms with E-state index in [1.54, 1.807) is 24.3 Å². The summed E-state index contributed by atoms with van der Waals surface area (Å²) in [4.78, 5) is 23.1. The van der Waals surface area contributed by atoms with Crippen LogP contribution in [0.2, 0.25) is 5.02 Å². The highest BCUT2D eigenvalue weighted by molar-refractivity contribution is 7.89. The quantitative estimate of drug-likeness (QED) is 0.567. The van der Waals surface area contributed by atoms with Crippen LogP contribution < -0.4 is 5.32 Å². The highest BCUT2D eigenvalue weighted by Gasteiger charge is 2.32. The number of hydrogen-bond donors (Lipinski definition) is 1. The normalized spacial score (nSPS) is 15.8. The van der Waals surface area contributed by atoms with Crippen molar-refractivity contribution in [3.8, 4) is 0 Å². The predicted molar refractivity (Wildman–Crippen MR) is 109 cm³/mol. The summed E-state index contributed by atoms with van der Waals surface area (Å²) < 4.78 is 26.9. The van der Waals surface area contributed by atoms with E-state index in [0.29, 0.717) is 12.8 Å². The van der Waals surface area contributed by atoms with E-state index >= 15 is 0 Å². The Hall–Kier alpha value is -2.49. The molecule has 1 aliphatic heterocycles. The Morgan fingerprint density at radius 1 is 1.17 bits per heavy atom. The van der Waals surface area contributed by atoms with Crippen molar-refractivity contribution in [2.75, 3.05) is 18.4 Å². The topological polar surface area (TPSA) is 110 Å². The van der Waals surface area contributed by atoms with Gasteiger partial charge in [-0.2, -0.15) is 4.31 Å². The molecule has 0 radical (unpaired) electrons. The SMILES string of the molecule is Cc1ccc(S(=O)(=O)N2CCC(C(=O)Nc3cc([N+](=O)[O-])ccc3Cl)CC2)cc1. The number of nitrogens with zero attached hydrogens (tertiary/aromatic N) is 2. The Morgan fingerprint density at radius 3 is 2.38 bits per heavy atom. The average Bonchev–Trinajstić information content (AvgIpc) is 2.70. The second kappa shape index (κ2) is 8.48. The van der Waals surface area contributed by atoms with E-state index in [4.69, 9.17) is 11.6 Å². The number of amides is 1. The van der Waals surface area contributed by atoms with Gasteiger partial charge in [0.05, 0.1) is 20.5 Å². The number of nitrogens with one attached hydrogen (secondary N) is 1. The first-order valence-electron chi connectivity index (χ1n) is 9.00. The van der Waals surface area contributed by atoms with Crippen LogP contribution in [0.5, 0.6) is 0 Å². The molecular formula is C19H20ClN3O5S. The molecule has 1 amide bonds. The van der Waals surface area contributed by atoms with Crippen LogP contribution in [-0.2, 0) is 14.8 Å². The van der Waals surface area contributed by atoms with Gasteiger partial charge in [-0.1, -0.05) is 29.3 Å². The fourth-order valence-electron chi connectivity index (χ4n) is 3.18. The van der Waals surface area contributed by atoms with Gasteiger partial charge in [-0.25, -0.2) is 8.42 Å². The number of nitro benzene ring substituents is 1. The minimum atomic E-state index is -3.60. The van der Waals surface area contributed by atoms with E-state index in [-0.39, 0.29) is 40.3 Å². The van der Waals surface area contributed by atoms with Crippen LogP contribution in [0.1, 0.15) is 18.4 Å². The van der Waals surface area contributed by atoms with Crippen molar-refractivity contribution < 1.29 is 18.1 Å². The summed E-state index contributed by atoms with van der Waals surface area (Å²) in [7, 11) is -3.60. The van der Waals surface area contributed by atoms with E-state index in [1.807, 2.05) is 6.92 Å². The zero-order valence-corrected chi connectivity index (χ0v) is 17.2. The van der Waals surface area contributed by atoms with Crippen LogP contribution in [0.15, 0.2) is 47.4 Å². The first-order valence-corrected chi connectivity index (χ1v) is 10.8. The Kier molecular flexibility index (Phi) is 6.21. The molecule has 3 rings (SSSR count). The van der Waals surface area contributed by atoms with Crippen LogP contribution in [0.3, 0.4) is 0 Å². The lowest BCUT2D eigenvalue weighted by Crippen LogP contribution is -2.41. The monoisotopic (exact) mass is 437 g/mol. The van der Waals surface area contributed by atoms with Gasteiger partial charge in [-0.15, -0.1) is 0 Å². The number of halogens is 1. The first-order chi connectivity index (χ1) is 13.7. The van der Waals surface area contributed by atoms with Crippen molar-refractivity contribution in [2.45, 2.75) is 24.7 Å². The summed E-state index contributed by atoms with van der Waals surface area (Å²) in [6.45, 7) is 2.32. The molecule has 1 saturated heterocycles. The van der Waals surface area contributed by atoms with Crippen LogP contribution in [0.25, 0.3) is 0 Å². The highest BCUT2D eigenvalue weighted by Crippen LogP contribution is 2.29. The lowest BCUT2D eigenvalue weighted by molar-refractivity contribution is -0.384. The lowest BCUT2D eigenvalue weighted by Gasteiger charge is -2.30. The molecule has 0 bridgehead atoms. The van der Waals surface area contributed by atoms with Crippen molar-refractivity contribution in [3.05, 3.63) is 63.2 Å². The second-order valence-corrected chi connectivity index (χ2v) is 9.25. The van der Waals surface area contributed by atoms with E-state index in [0.717, 1.165) is 5.56 Å². The van der Waals surface area contributed by atoms with E-state index in [1.165, 1.54) is 22.5 Å². The molecule has 154 valence electrons. The number of piperidine rings is 1. The van der Waals surface area contributed by atoms with Crippen LogP contribution in [0, 0.1) is 23.0 Å². The minimum absolute atomic E-state index is 0.167. The summed E-state index contributed by atoms with van der Waals surface area (Å²) in [5, 5.41) is 13.7. The maximum atomic E-state index is 12.8. The second-order valence-electron chi connectivity index (χ2n) is 6.90. The van der Waals surface area contributed by atoms with Gasteiger partial charge in [0, 0.05) is 31.1 Å². The number of rotatable bonds is 5. The first kappa shape index (κ1) is 21.2. The van der Waals surface area contributed by atoms with Crippen LogP contribution in [-0.4, -0.2) is 36.6 Å². The molecule has 10 heteroatoms. The average molecular weight is 438 g/mol. The van der Waals surface area contributed by atoms with Crippen molar-refractivity contribution in [1.82, 2.24) is 4.31 Å². The zero-order chi connectivity index (χ0) is 21.2. The van der Waals surface area contributed by atoms with Crippen molar-refractivity contribution in [3.63, 3.8) is 0 Å². The summed E-state index contributed by atoms with van der Waals surface area (Å²) in [5.41, 5.74) is 0.962. The van der Waals surface area contributed by atoms with Gasteiger partial charge in [0.1, 0.15) is 0 Å². The van der Waals surface area contributed by atoms with E-state index in [2.05, 4.69) is 5.32 Å². The molecule has 1 fully saturated rings. The zero-order valence-electron chi connectivity index (χ0n) is 15.7. The lowest BCUT2D eigenvalue weighted by atomic mass is 9.97. The Morgan fingerprint density at radius 2 is 1.79 bits per heavy atom. The van der Waals surface area contributed by atoms with Crippen molar-refractivity contribution in [1.29, 1.82) is 0 Å². The number of non-ortho nitro benzene ring substituents is 1. The highest BCUT2D eigenvalue weighted by atomic mass is 35.5. The van der Waals surface area contributed by atoms with Gasteiger partial charge >= 0.3 is 0 Å². The molecule has 1 heterocycles. The Balaban J connectivity index is 1.65. The third-order valence-corrected chi connectivity index (χ3v) is 7.14. The van der Waals surface area contributed by atoms with E-state index < -0.39 is 20.9 Å². The third-order valence-electron chi connectivity index (χ3n) is 4.90. The minimum Gasteiger partial charge on any atom is -0.324 e. The molecule has 2 aromatic rings. The van der Waals surface area contributed by atoms with Gasteiger partial charge in [0.25, 0.3) is 5.69 Å². The van der Waals surface area contributed by atoms with Gasteiger partial charge in [-0.3, -0.25) is 14.9 Å². The van der Waals surface area contributed by atoms with Crippen molar-refractivity contribution in [2.24, 2.45) is 5.92 Å². The molecule has 0 atom stereocenters. The molecule has 1 N–H and O–H groups in total. The smallest absolute Gasteiger partial charge is 0.271 e. The molecule has 0 saturated carbocycles. The fraction of sp³-hybridized carbons (Fsp3) is 0.316. The Bertz CT molecular complexity index is 1030. The maximum Gasteiger partial charge on any atom is 0.271 e. The number of hydrogen-bond acceptors (Lipinski definition) is 5. The van der Waals surface area contributed by atoms with Gasteiger partial charge in [-0.05, 0) is 38.0 Å². The van der Waals surface area contributed by atoms with Crippen LogP contribution >= 0.6 is 11.6 Å². The maximum absolute atomic E-state index is 12.8. The molecule has 0 aliphatic carbocycles. The summed E-state index contributed by atoms with van der Waals surface area (Å²) >= 11 is 6.02. The molecule has 0 spiro atoms. The number of carbonyl (C=O) groups is 1. The van der Waals surface area contributed by atoms with Gasteiger partial charge < -0.3 is 5.32 Å². The number of benzene rings is 2. The number of nitro groups is 1. The van der Waals surface area contributed by atoms with Crippen LogP contribution in [0.4, 0.5) is 11.4 Å². The number of anilines is 1. The fourth-order valence-corrected chi connectivity index (χ4v) is 4.81. The molecule has 0 aromatic heterocycles. The van der Waals surface area contributed by atoms with Gasteiger partial charge in [0.2, 0.25) is 15.9 Å². The Labute approximate surface area is 173 Å². The number of sulfonamides is 1.